The lowest BCUT2D eigenvalue weighted by Crippen LogP contribution is -2.03. The summed E-state index contributed by atoms with van der Waals surface area (Å²) in [6.07, 6.45) is 0. The summed E-state index contributed by atoms with van der Waals surface area (Å²) in [6.45, 7) is 0. The topological polar surface area (TPSA) is 48.3 Å². The normalized spacial score (nSPS) is 12.4. The molecule has 0 aliphatic heterocycles. The third-order valence-electron chi connectivity index (χ3n) is 11.4. The lowest BCUT2D eigenvalue weighted by molar-refractivity contribution is 0.669. The monoisotopic (exact) mass is 706 g/mol. The summed E-state index contributed by atoms with van der Waals surface area (Å²) in [4.78, 5) is 11.9. The molecule has 6 heterocycles. The van der Waals surface area contributed by atoms with Gasteiger partial charge in [-0.3, -0.25) is 8.97 Å². The third kappa shape index (κ3) is 3.72. The second kappa shape index (κ2) is 10.3. The van der Waals surface area contributed by atoms with E-state index in [1.807, 2.05) is 29.5 Å². The van der Waals surface area contributed by atoms with Crippen molar-refractivity contribution in [1.82, 2.24) is 18.9 Å². The molecule has 0 atom stereocenters. The highest BCUT2D eigenvalue weighted by Crippen LogP contribution is 2.43. The van der Waals surface area contributed by atoms with Crippen molar-refractivity contribution in [3.8, 4) is 28.3 Å². The van der Waals surface area contributed by atoms with E-state index in [0.29, 0.717) is 5.95 Å². The molecule has 0 saturated heterocycles. The fourth-order valence-corrected chi connectivity index (χ4v) is 9.91. The quantitative estimate of drug-likeness (QED) is 0.184. The predicted molar refractivity (Wildman–Crippen MR) is 225 cm³/mol. The second-order valence-corrected chi connectivity index (χ2v) is 15.1. The van der Waals surface area contributed by atoms with Crippen molar-refractivity contribution in [2.45, 2.75) is 0 Å². The number of benzene rings is 7. The second-order valence-electron chi connectivity index (χ2n) is 14.2. The first-order valence-corrected chi connectivity index (χ1v) is 19.0. The SMILES string of the molecule is c1ccc2c(-c3ccc4c(c3)oc3ccccc34)nc(-n3c4ccccc4c4cc(-c5ccc6c(c5)c5cccc7c8ccsc8n6c57)ccc43)nc2c1. The molecule has 250 valence electrons. The molecule has 0 bridgehead atoms. The van der Waals surface area contributed by atoms with E-state index < -0.39 is 0 Å². The van der Waals surface area contributed by atoms with E-state index in [1.165, 1.54) is 59.3 Å². The Balaban J connectivity index is 1.01. The maximum absolute atomic E-state index is 6.31. The van der Waals surface area contributed by atoms with Gasteiger partial charge in [-0.1, -0.05) is 91.0 Å². The number of furan rings is 1. The summed E-state index contributed by atoms with van der Waals surface area (Å²) < 4.78 is 11.0. The van der Waals surface area contributed by atoms with Crippen LogP contribution in [-0.2, 0) is 0 Å². The van der Waals surface area contributed by atoms with Crippen LogP contribution >= 0.6 is 11.3 Å². The number of nitrogens with zero attached hydrogens (tertiary/aromatic N) is 4. The van der Waals surface area contributed by atoms with Crippen LogP contribution in [-0.4, -0.2) is 18.9 Å². The van der Waals surface area contributed by atoms with E-state index >= 15 is 0 Å². The molecule has 0 spiro atoms. The standard InChI is InChI=1S/C48H26N4OS/c1-4-13-39-36(10-1)45(29-16-19-32-31-9-3-6-15-43(31)53-44(32)26-29)50-48(49-39)51-40-14-5-2-8-30(40)37-24-27(17-20-41(37)51)28-18-21-42-38(25-28)34-12-7-11-33-35-22-23-54-47(35)52(42)46(33)34/h1-26H. The first kappa shape index (κ1) is 28.6. The number of para-hydroxylation sites is 4. The fraction of sp³-hybridized carbons (Fsp3) is 0. The lowest BCUT2D eigenvalue weighted by atomic mass is 10.00. The van der Waals surface area contributed by atoms with E-state index in [0.717, 1.165) is 55.1 Å². The molecule has 5 nitrogen and oxygen atoms in total. The smallest absolute Gasteiger partial charge is 0.235 e. The lowest BCUT2D eigenvalue weighted by Gasteiger charge is -2.12. The Labute approximate surface area is 310 Å². The van der Waals surface area contributed by atoms with E-state index in [-0.39, 0.29) is 0 Å². The van der Waals surface area contributed by atoms with Gasteiger partial charge in [-0.15, -0.1) is 11.3 Å². The average Bonchev–Trinajstić information content (AvgIpc) is 4.04. The van der Waals surface area contributed by atoms with Crippen LogP contribution in [0.15, 0.2) is 161 Å². The van der Waals surface area contributed by atoms with Gasteiger partial charge < -0.3 is 4.42 Å². The van der Waals surface area contributed by atoms with Crippen LogP contribution in [0.2, 0.25) is 0 Å². The number of thiophene rings is 1. The molecule has 0 saturated carbocycles. The summed E-state index contributed by atoms with van der Waals surface area (Å²) >= 11 is 1.81. The molecular weight excluding hydrogens is 681 g/mol. The molecule has 7 aromatic carbocycles. The van der Waals surface area contributed by atoms with Crippen molar-refractivity contribution < 1.29 is 4.42 Å². The summed E-state index contributed by atoms with van der Waals surface area (Å²) in [6, 6.07) is 54.2. The van der Waals surface area contributed by atoms with Gasteiger partial charge in [0.15, 0.2) is 0 Å². The molecule has 13 rings (SSSR count). The van der Waals surface area contributed by atoms with Crippen molar-refractivity contribution in [3.05, 3.63) is 157 Å². The molecular formula is C48H26N4OS. The van der Waals surface area contributed by atoms with Crippen LogP contribution in [0.3, 0.4) is 0 Å². The summed E-state index contributed by atoms with van der Waals surface area (Å²) in [5, 5.41) is 13.0. The molecule has 0 radical (unpaired) electrons. The van der Waals surface area contributed by atoms with Crippen LogP contribution in [0.25, 0.3) is 120 Å². The minimum absolute atomic E-state index is 0.639. The number of fused-ring (bicyclic) bond motifs is 13. The van der Waals surface area contributed by atoms with Gasteiger partial charge in [0.1, 0.15) is 16.0 Å². The number of hydrogen-bond donors (Lipinski definition) is 0. The summed E-state index contributed by atoms with van der Waals surface area (Å²) in [7, 11) is 0. The van der Waals surface area contributed by atoms with Gasteiger partial charge in [-0.05, 0) is 77.2 Å². The van der Waals surface area contributed by atoms with Gasteiger partial charge in [0.25, 0.3) is 0 Å². The summed E-state index contributed by atoms with van der Waals surface area (Å²) in [5.41, 5.74) is 11.6. The zero-order chi connectivity index (χ0) is 35.1. The van der Waals surface area contributed by atoms with Crippen LogP contribution < -0.4 is 0 Å². The van der Waals surface area contributed by atoms with Crippen molar-refractivity contribution in [1.29, 1.82) is 0 Å². The maximum Gasteiger partial charge on any atom is 0.235 e. The van der Waals surface area contributed by atoms with E-state index in [1.54, 1.807) is 0 Å². The van der Waals surface area contributed by atoms with E-state index in [4.69, 9.17) is 14.4 Å². The third-order valence-corrected chi connectivity index (χ3v) is 12.3. The Bertz CT molecular complexity index is 3690. The largest absolute Gasteiger partial charge is 0.456 e. The Morgan fingerprint density at radius 3 is 2.00 bits per heavy atom. The van der Waals surface area contributed by atoms with Gasteiger partial charge in [-0.2, -0.15) is 0 Å². The zero-order valence-corrected chi connectivity index (χ0v) is 29.4. The van der Waals surface area contributed by atoms with Crippen molar-refractivity contribution in [2.75, 3.05) is 0 Å². The minimum atomic E-state index is 0.639. The fourth-order valence-electron chi connectivity index (χ4n) is 8.98. The van der Waals surface area contributed by atoms with E-state index in [9.17, 15) is 0 Å². The highest BCUT2D eigenvalue weighted by Gasteiger charge is 2.21. The van der Waals surface area contributed by atoms with Crippen LogP contribution in [0, 0.1) is 0 Å². The van der Waals surface area contributed by atoms with E-state index in [2.05, 4.69) is 148 Å². The van der Waals surface area contributed by atoms with Crippen molar-refractivity contribution in [3.63, 3.8) is 0 Å². The van der Waals surface area contributed by atoms with Gasteiger partial charge in [0.2, 0.25) is 5.95 Å². The number of rotatable bonds is 3. The number of hydrogen-bond acceptors (Lipinski definition) is 4. The van der Waals surface area contributed by atoms with Crippen LogP contribution in [0.5, 0.6) is 0 Å². The Hall–Kier alpha value is -7.02. The molecule has 0 aliphatic rings. The van der Waals surface area contributed by atoms with Gasteiger partial charge in [-0.25, -0.2) is 9.97 Å². The molecule has 0 fully saturated rings. The number of aromatic nitrogens is 4. The summed E-state index contributed by atoms with van der Waals surface area (Å²) in [5.74, 6) is 0.639. The minimum Gasteiger partial charge on any atom is -0.456 e. The first-order valence-electron chi connectivity index (χ1n) is 18.1. The molecule has 0 N–H and O–H groups in total. The first-order chi connectivity index (χ1) is 26.8. The van der Waals surface area contributed by atoms with Crippen LogP contribution in [0.4, 0.5) is 0 Å². The molecule has 6 heteroatoms. The van der Waals surface area contributed by atoms with Gasteiger partial charge in [0, 0.05) is 54.0 Å². The van der Waals surface area contributed by atoms with Crippen LogP contribution in [0.1, 0.15) is 0 Å². The maximum atomic E-state index is 6.31. The highest BCUT2D eigenvalue weighted by atomic mass is 32.1. The van der Waals surface area contributed by atoms with Gasteiger partial charge >= 0.3 is 0 Å². The van der Waals surface area contributed by atoms with Crippen molar-refractivity contribution >= 4 is 103 Å². The molecule has 54 heavy (non-hydrogen) atoms. The Kier molecular flexibility index (Phi) is 5.45. The molecule has 0 unspecified atom stereocenters. The average molecular weight is 707 g/mol. The van der Waals surface area contributed by atoms with Gasteiger partial charge in [0.05, 0.1) is 33.3 Å². The highest BCUT2D eigenvalue weighted by molar-refractivity contribution is 7.17. The molecule has 13 aromatic rings. The molecule has 6 aromatic heterocycles. The molecule has 0 amide bonds. The van der Waals surface area contributed by atoms with Crippen molar-refractivity contribution in [2.24, 2.45) is 0 Å². The predicted octanol–water partition coefficient (Wildman–Crippen LogP) is 13.2. The Morgan fingerprint density at radius 2 is 1.11 bits per heavy atom. The Morgan fingerprint density at radius 1 is 0.444 bits per heavy atom. The molecule has 0 aliphatic carbocycles. The zero-order valence-electron chi connectivity index (χ0n) is 28.6.